The van der Waals surface area contributed by atoms with E-state index < -0.39 is 6.04 Å². The van der Waals surface area contributed by atoms with Gasteiger partial charge in [-0.1, -0.05) is 0 Å². The second-order valence-electron chi connectivity index (χ2n) is 4.10. The third-order valence-corrected chi connectivity index (χ3v) is 3.76. The Hall–Kier alpha value is -1.14. The summed E-state index contributed by atoms with van der Waals surface area (Å²) in [5, 5.41) is 0. The largest absolute Gasteiger partial charge is 0.467 e. The number of hydrogen-bond donors (Lipinski definition) is 0. The molecular weight excluding hydrogens is 300 g/mol. The van der Waals surface area contributed by atoms with Crippen LogP contribution in [0.5, 0.6) is 0 Å². The molecular formula is C12H15BrN2O3. The van der Waals surface area contributed by atoms with Crippen LogP contribution in [0.3, 0.4) is 0 Å². The number of aromatic nitrogens is 1. The van der Waals surface area contributed by atoms with Crippen LogP contribution >= 0.6 is 15.9 Å². The number of aryl methyl sites for hydroxylation is 1. The van der Waals surface area contributed by atoms with Crippen LogP contribution in [0.1, 0.15) is 5.56 Å². The van der Waals surface area contributed by atoms with Gasteiger partial charge in [0, 0.05) is 17.2 Å². The Balaban J connectivity index is 2.27. The smallest absolute Gasteiger partial charge is 0.330 e. The molecule has 2 heterocycles. The minimum Gasteiger partial charge on any atom is -0.467 e. The Labute approximate surface area is 114 Å². The topological polar surface area (TPSA) is 51.7 Å². The molecule has 6 heteroatoms. The van der Waals surface area contributed by atoms with Gasteiger partial charge in [-0.25, -0.2) is 9.78 Å². The molecule has 1 aliphatic rings. The zero-order chi connectivity index (χ0) is 13.1. The lowest BCUT2D eigenvalue weighted by Gasteiger charge is -2.34. The monoisotopic (exact) mass is 314 g/mol. The zero-order valence-electron chi connectivity index (χ0n) is 10.4. The number of methoxy groups -OCH3 is 1. The van der Waals surface area contributed by atoms with E-state index in [1.807, 2.05) is 17.9 Å². The number of morpholine rings is 1. The van der Waals surface area contributed by atoms with Crippen LogP contribution in [0.4, 0.5) is 5.82 Å². The second kappa shape index (κ2) is 5.67. The van der Waals surface area contributed by atoms with Crippen molar-refractivity contribution in [1.29, 1.82) is 0 Å². The number of rotatable bonds is 2. The van der Waals surface area contributed by atoms with Crippen molar-refractivity contribution in [3.05, 3.63) is 22.3 Å². The van der Waals surface area contributed by atoms with Gasteiger partial charge in [-0.15, -0.1) is 0 Å². The number of anilines is 1. The third kappa shape index (κ3) is 2.64. The van der Waals surface area contributed by atoms with E-state index in [0.29, 0.717) is 19.8 Å². The number of carbonyl (C=O) groups is 1. The second-order valence-corrected chi connectivity index (χ2v) is 4.95. The highest BCUT2D eigenvalue weighted by Crippen LogP contribution is 2.23. The van der Waals surface area contributed by atoms with E-state index in [2.05, 4.69) is 20.9 Å². The van der Waals surface area contributed by atoms with Crippen molar-refractivity contribution in [2.24, 2.45) is 0 Å². The number of halogens is 1. The minimum atomic E-state index is -0.420. The molecule has 1 aromatic rings. The van der Waals surface area contributed by atoms with Crippen LogP contribution in [0.2, 0.25) is 0 Å². The number of hydrogen-bond acceptors (Lipinski definition) is 5. The third-order valence-electron chi connectivity index (χ3n) is 2.93. The highest BCUT2D eigenvalue weighted by molar-refractivity contribution is 9.10. The summed E-state index contributed by atoms with van der Waals surface area (Å²) in [6.45, 7) is 3.55. The first-order valence-electron chi connectivity index (χ1n) is 5.68. The van der Waals surface area contributed by atoms with Gasteiger partial charge in [-0.2, -0.15) is 0 Å². The van der Waals surface area contributed by atoms with Crippen LogP contribution in [0, 0.1) is 6.92 Å². The Kier molecular flexibility index (Phi) is 4.19. The molecule has 0 aliphatic carbocycles. The first kappa shape index (κ1) is 13.3. The number of pyridine rings is 1. The van der Waals surface area contributed by atoms with Gasteiger partial charge in [0.2, 0.25) is 0 Å². The van der Waals surface area contributed by atoms with Gasteiger partial charge in [0.05, 0.1) is 20.3 Å². The van der Waals surface area contributed by atoms with E-state index >= 15 is 0 Å². The number of nitrogens with zero attached hydrogens (tertiary/aromatic N) is 2. The highest BCUT2D eigenvalue weighted by Gasteiger charge is 2.31. The maximum atomic E-state index is 11.7. The quantitative estimate of drug-likeness (QED) is 0.775. The van der Waals surface area contributed by atoms with E-state index in [-0.39, 0.29) is 5.97 Å². The number of esters is 1. The molecule has 1 atom stereocenters. The molecule has 1 fully saturated rings. The first-order chi connectivity index (χ1) is 8.63. The molecule has 0 bridgehead atoms. The van der Waals surface area contributed by atoms with Crippen LogP contribution in [-0.2, 0) is 14.3 Å². The van der Waals surface area contributed by atoms with E-state index in [9.17, 15) is 4.79 Å². The van der Waals surface area contributed by atoms with E-state index in [0.717, 1.165) is 15.9 Å². The summed E-state index contributed by atoms with van der Waals surface area (Å²) < 4.78 is 11.1. The molecule has 0 amide bonds. The number of carbonyl (C=O) groups excluding carboxylic acids is 1. The molecule has 1 aromatic heterocycles. The Morgan fingerprint density at radius 1 is 1.67 bits per heavy atom. The van der Waals surface area contributed by atoms with Crippen LogP contribution in [0.15, 0.2) is 16.7 Å². The zero-order valence-corrected chi connectivity index (χ0v) is 11.9. The van der Waals surface area contributed by atoms with Gasteiger partial charge >= 0.3 is 5.97 Å². The Bertz CT molecular complexity index is 453. The molecule has 1 unspecified atom stereocenters. The average Bonchev–Trinajstić information content (AvgIpc) is 2.41. The normalized spacial score (nSPS) is 19.7. The summed E-state index contributed by atoms with van der Waals surface area (Å²) in [6.07, 6.45) is 1.74. The van der Waals surface area contributed by atoms with Crippen LogP contribution < -0.4 is 4.90 Å². The molecule has 5 nitrogen and oxygen atoms in total. The summed E-state index contributed by atoms with van der Waals surface area (Å²) in [5.41, 5.74) is 1.08. The van der Waals surface area contributed by atoms with Gasteiger partial charge in [-0.3, -0.25) is 0 Å². The fourth-order valence-corrected chi connectivity index (χ4v) is 2.11. The maximum Gasteiger partial charge on any atom is 0.330 e. The average molecular weight is 315 g/mol. The van der Waals surface area contributed by atoms with Crippen molar-refractivity contribution in [3.8, 4) is 0 Å². The van der Waals surface area contributed by atoms with Crippen molar-refractivity contribution in [3.63, 3.8) is 0 Å². The van der Waals surface area contributed by atoms with Gasteiger partial charge in [0.15, 0.2) is 6.04 Å². The molecule has 0 saturated carbocycles. The summed E-state index contributed by atoms with van der Waals surface area (Å²) in [6, 6.07) is 1.53. The fourth-order valence-electron chi connectivity index (χ4n) is 1.89. The predicted molar refractivity (Wildman–Crippen MR) is 70.6 cm³/mol. The summed E-state index contributed by atoms with van der Waals surface area (Å²) >= 11 is 3.41. The molecule has 2 rings (SSSR count). The molecule has 1 aliphatic heterocycles. The summed E-state index contributed by atoms with van der Waals surface area (Å²) in [5.74, 6) is 0.478. The lowest BCUT2D eigenvalue weighted by atomic mass is 10.2. The highest BCUT2D eigenvalue weighted by atomic mass is 79.9. The van der Waals surface area contributed by atoms with Gasteiger partial charge in [-0.05, 0) is 34.5 Å². The van der Waals surface area contributed by atoms with Crippen molar-refractivity contribution < 1.29 is 14.3 Å². The standard InChI is InChI=1S/C12H15BrN2O3/c1-8-5-11(14-6-9(8)13)15-3-4-18-7-10(15)12(16)17-2/h5-6,10H,3-4,7H2,1-2H3. The molecule has 1 saturated heterocycles. The SMILES string of the molecule is COC(=O)C1COCCN1c1cc(C)c(Br)cn1. The molecule has 0 N–H and O–H groups in total. The lowest BCUT2D eigenvalue weighted by molar-refractivity contribution is -0.144. The predicted octanol–water partition coefficient (Wildman–Crippen LogP) is 1.53. The van der Waals surface area contributed by atoms with E-state index in [1.54, 1.807) is 6.20 Å². The molecule has 98 valence electrons. The number of ether oxygens (including phenoxy) is 2. The molecule has 0 radical (unpaired) electrons. The van der Waals surface area contributed by atoms with Crippen molar-refractivity contribution in [1.82, 2.24) is 4.98 Å². The lowest BCUT2D eigenvalue weighted by Crippen LogP contribution is -2.51. The van der Waals surface area contributed by atoms with Crippen molar-refractivity contribution >= 4 is 27.7 Å². The summed E-state index contributed by atoms with van der Waals surface area (Å²) in [4.78, 5) is 18.0. The molecule has 18 heavy (non-hydrogen) atoms. The van der Waals surface area contributed by atoms with Gasteiger partial charge in [0.1, 0.15) is 5.82 Å². The van der Waals surface area contributed by atoms with E-state index in [1.165, 1.54) is 7.11 Å². The molecule has 0 spiro atoms. The van der Waals surface area contributed by atoms with Gasteiger partial charge < -0.3 is 14.4 Å². The van der Waals surface area contributed by atoms with Crippen molar-refractivity contribution in [2.45, 2.75) is 13.0 Å². The Morgan fingerprint density at radius 3 is 3.11 bits per heavy atom. The summed E-state index contributed by atoms with van der Waals surface area (Å²) in [7, 11) is 1.38. The van der Waals surface area contributed by atoms with Crippen LogP contribution in [0.25, 0.3) is 0 Å². The minimum absolute atomic E-state index is 0.294. The first-order valence-corrected chi connectivity index (χ1v) is 6.47. The van der Waals surface area contributed by atoms with E-state index in [4.69, 9.17) is 9.47 Å². The Morgan fingerprint density at radius 2 is 2.44 bits per heavy atom. The van der Waals surface area contributed by atoms with Gasteiger partial charge in [0.25, 0.3) is 0 Å². The fraction of sp³-hybridized carbons (Fsp3) is 0.500. The van der Waals surface area contributed by atoms with Crippen LogP contribution in [-0.4, -0.2) is 43.9 Å². The molecule has 0 aromatic carbocycles. The van der Waals surface area contributed by atoms with Crippen molar-refractivity contribution in [2.75, 3.05) is 31.8 Å². The maximum absolute atomic E-state index is 11.7.